The summed E-state index contributed by atoms with van der Waals surface area (Å²) in [6, 6.07) is 6.59. The van der Waals surface area contributed by atoms with Gasteiger partial charge >= 0.3 is 6.09 Å². The third-order valence-electron chi connectivity index (χ3n) is 3.90. The molecular weight excluding hydrogens is 342 g/mol. The molecule has 1 atom stereocenters. The van der Waals surface area contributed by atoms with Crippen LogP contribution < -0.4 is 0 Å². The highest BCUT2D eigenvalue weighted by atomic mass is 32.2. The van der Waals surface area contributed by atoms with Crippen molar-refractivity contribution in [1.82, 2.24) is 4.90 Å². The third kappa shape index (κ3) is 6.01. The number of carbonyl (C=O) groups is 1. The van der Waals surface area contributed by atoms with Gasteiger partial charge in [-0.15, -0.1) is 0 Å². The number of nitrogens with zero attached hydrogens (tertiary/aromatic N) is 1. The first-order valence-electron chi connectivity index (χ1n) is 8.55. The molecule has 0 bridgehead atoms. The zero-order valence-corrected chi connectivity index (χ0v) is 16.1. The van der Waals surface area contributed by atoms with Crippen molar-refractivity contribution in [3.63, 3.8) is 0 Å². The molecule has 0 aromatic heterocycles. The first-order chi connectivity index (χ1) is 11.6. The SMILES string of the molecule is Cc1ccc(S(=O)(=O)OC2CCCN(C(=O)OC(C)(C)C)CC2)cc1. The van der Waals surface area contributed by atoms with Crippen molar-refractivity contribution in [3.05, 3.63) is 29.8 Å². The second kappa shape index (κ2) is 7.74. The van der Waals surface area contributed by atoms with E-state index in [9.17, 15) is 13.2 Å². The molecule has 1 aromatic rings. The lowest BCUT2D eigenvalue weighted by Gasteiger charge is -2.26. The summed E-state index contributed by atoms with van der Waals surface area (Å²) in [6.07, 6.45) is 0.926. The van der Waals surface area contributed by atoms with E-state index in [-0.39, 0.29) is 11.0 Å². The molecule has 7 heteroatoms. The van der Waals surface area contributed by atoms with Crippen LogP contribution in [0.25, 0.3) is 0 Å². The Bertz CT molecular complexity index is 691. The summed E-state index contributed by atoms with van der Waals surface area (Å²) in [7, 11) is -3.79. The topological polar surface area (TPSA) is 72.9 Å². The van der Waals surface area contributed by atoms with Gasteiger partial charge in [0.05, 0.1) is 11.0 Å². The molecule has 6 nitrogen and oxygen atoms in total. The van der Waals surface area contributed by atoms with E-state index in [1.54, 1.807) is 29.2 Å². The van der Waals surface area contributed by atoms with Crippen LogP contribution in [0.1, 0.15) is 45.6 Å². The number of likely N-dealkylation sites (tertiary alicyclic amines) is 1. The highest BCUT2D eigenvalue weighted by molar-refractivity contribution is 7.86. The maximum absolute atomic E-state index is 12.4. The van der Waals surface area contributed by atoms with E-state index >= 15 is 0 Å². The smallest absolute Gasteiger partial charge is 0.410 e. The molecular formula is C18H27NO5S. The summed E-state index contributed by atoms with van der Waals surface area (Å²) in [5.74, 6) is 0. The van der Waals surface area contributed by atoms with E-state index in [0.29, 0.717) is 32.4 Å². The van der Waals surface area contributed by atoms with E-state index in [1.165, 1.54) is 0 Å². The minimum absolute atomic E-state index is 0.159. The molecule has 0 aliphatic carbocycles. The van der Waals surface area contributed by atoms with Gasteiger partial charge in [-0.05, 0) is 59.1 Å². The number of carbonyl (C=O) groups excluding carboxylic acids is 1. The summed E-state index contributed by atoms with van der Waals surface area (Å²) >= 11 is 0. The van der Waals surface area contributed by atoms with E-state index in [0.717, 1.165) is 5.56 Å². The van der Waals surface area contributed by atoms with Gasteiger partial charge in [-0.3, -0.25) is 4.18 Å². The Balaban J connectivity index is 1.96. The normalized spacial score (nSPS) is 19.4. The molecule has 25 heavy (non-hydrogen) atoms. The zero-order chi connectivity index (χ0) is 18.7. The number of benzene rings is 1. The standard InChI is InChI=1S/C18H27NO5S/c1-14-7-9-16(10-8-14)25(21,22)24-15-6-5-12-19(13-11-15)17(20)23-18(2,3)4/h7-10,15H,5-6,11-13H2,1-4H3. The number of hydrogen-bond donors (Lipinski definition) is 0. The van der Waals surface area contributed by atoms with Crippen molar-refractivity contribution in [3.8, 4) is 0 Å². The van der Waals surface area contributed by atoms with Crippen molar-refractivity contribution >= 4 is 16.2 Å². The summed E-state index contributed by atoms with van der Waals surface area (Å²) < 4.78 is 35.6. The zero-order valence-electron chi connectivity index (χ0n) is 15.3. The van der Waals surface area contributed by atoms with Gasteiger partial charge < -0.3 is 9.64 Å². The fourth-order valence-corrected chi connectivity index (χ4v) is 3.74. The lowest BCUT2D eigenvalue weighted by Crippen LogP contribution is -2.37. The second-order valence-corrected chi connectivity index (χ2v) is 8.96. The number of hydrogen-bond acceptors (Lipinski definition) is 5. The van der Waals surface area contributed by atoms with Gasteiger partial charge in [0.1, 0.15) is 5.60 Å². The molecule has 0 saturated carbocycles. The first kappa shape index (κ1) is 19.7. The van der Waals surface area contributed by atoms with Crippen LogP contribution in [0.2, 0.25) is 0 Å². The molecule has 1 heterocycles. The largest absolute Gasteiger partial charge is 0.444 e. The van der Waals surface area contributed by atoms with Gasteiger partial charge in [-0.2, -0.15) is 8.42 Å². The van der Waals surface area contributed by atoms with Crippen LogP contribution >= 0.6 is 0 Å². The van der Waals surface area contributed by atoms with Crippen molar-refractivity contribution in [1.29, 1.82) is 0 Å². The summed E-state index contributed by atoms with van der Waals surface area (Å²) in [5.41, 5.74) is 0.440. The minimum Gasteiger partial charge on any atom is -0.444 e. The van der Waals surface area contributed by atoms with Crippen LogP contribution in [-0.4, -0.2) is 44.2 Å². The monoisotopic (exact) mass is 369 g/mol. The number of amides is 1. The molecule has 1 amide bonds. The highest BCUT2D eigenvalue weighted by Gasteiger charge is 2.28. The van der Waals surface area contributed by atoms with Gasteiger partial charge in [0.25, 0.3) is 10.1 Å². The Labute approximate surface area is 150 Å². The number of aryl methyl sites for hydroxylation is 1. The fourth-order valence-electron chi connectivity index (χ4n) is 2.61. The van der Waals surface area contributed by atoms with Crippen molar-refractivity contribution < 1.29 is 22.1 Å². The van der Waals surface area contributed by atoms with Gasteiger partial charge in [0.2, 0.25) is 0 Å². The molecule has 1 unspecified atom stereocenters. The van der Waals surface area contributed by atoms with Gasteiger partial charge in [0, 0.05) is 13.1 Å². The molecule has 0 N–H and O–H groups in total. The highest BCUT2D eigenvalue weighted by Crippen LogP contribution is 2.22. The van der Waals surface area contributed by atoms with Crippen LogP contribution in [0, 0.1) is 6.92 Å². The molecule has 0 spiro atoms. The lowest BCUT2D eigenvalue weighted by molar-refractivity contribution is 0.0252. The van der Waals surface area contributed by atoms with Crippen LogP contribution in [0.5, 0.6) is 0 Å². The summed E-state index contributed by atoms with van der Waals surface area (Å²) in [6.45, 7) is 8.32. The number of ether oxygens (including phenoxy) is 1. The van der Waals surface area contributed by atoms with Gasteiger partial charge in [-0.25, -0.2) is 4.79 Å². The molecule has 1 saturated heterocycles. The van der Waals surface area contributed by atoms with Gasteiger partial charge in [-0.1, -0.05) is 17.7 Å². The Morgan fingerprint density at radius 1 is 1.12 bits per heavy atom. The second-order valence-electron chi connectivity index (χ2n) is 7.38. The molecule has 1 aromatic carbocycles. The molecule has 1 fully saturated rings. The van der Waals surface area contributed by atoms with E-state index < -0.39 is 21.8 Å². The maximum atomic E-state index is 12.4. The van der Waals surface area contributed by atoms with E-state index in [1.807, 2.05) is 27.7 Å². The molecule has 2 rings (SSSR count). The van der Waals surface area contributed by atoms with Crippen LogP contribution in [-0.2, 0) is 19.0 Å². The van der Waals surface area contributed by atoms with Crippen LogP contribution in [0.4, 0.5) is 4.79 Å². The van der Waals surface area contributed by atoms with Crippen molar-refractivity contribution in [2.45, 2.75) is 63.6 Å². The summed E-state index contributed by atoms with van der Waals surface area (Å²) in [4.78, 5) is 13.9. The predicted molar refractivity (Wildman–Crippen MR) is 94.9 cm³/mol. The molecule has 1 aliphatic rings. The Morgan fingerprint density at radius 2 is 1.76 bits per heavy atom. The fraction of sp³-hybridized carbons (Fsp3) is 0.611. The minimum atomic E-state index is -3.79. The van der Waals surface area contributed by atoms with Crippen molar-refractivity contribution in [2.75, 3.05) is 13.1 Å². The van der Waals surface area contributed by atoms with E-state index in [4.69, 9.17) is 8.92 Å². The summed E-state index contributed by atoms with van der Waals surface area (Å²) in [5, 5.41) is 0. The Morgan fingerprint density at radius 3 is 2.36 bits per heavy atom. The van der Waals surface area contributed by atoms with Crippen molar-refractivity contribution in [2.24, 2.45) is 0 Å². The maximum Gasteiger partial charge on any atom is 0.410 e. The predicted octanol–water partition coefficient (Wildman–Crippen LogP) is 3.49. The molecule has 0 radical (unpaired) electrons. The van der Waals surface area contributed by atoms with Gasteiger partial charge in [0.15, 0.2) is 0 Å². The molecule has 1 aliphatic heterocycles. The molecule has 140 valence electrons. The lowest BCUT2D eigenvalue weighted by atomic mass is 10.2. The first-order valence-corrected chi connectivity index (χ1v) is 9.95. The van der Waals surface area contributed by atoms with E-state index in [2.05, 4.69) is 0 Å². The average Bonchev–Trinajstić information content (AvgIpc) is 2.71. The Kier molecular flexibility index (Phi) is 6.11. The number of rotatable bonds is 3. The third-order valence-corrected chi connectivity index (χ3v) is 5.27. The quantitative estimate of drug-likeness (QED) is 0.763. The average molecular weight is 369 g/mol. The Hall–Kier alpha value is -1.60. The van der Waals surface area contributed by atoms with Crippen LogP contribution in [0.3, 0.4) is 0 Å². The van der Waals surface area contributed by atoms with Crippen LogP contribution in [0.15, 0.2) is 29.2 Å².